The van der Waals surface area contributed by atoms with Gasteiger partial charge in [-0.15, -0.1) is 0 Å². The van der Waals surface area contributed by atoms with Crippen LogP contribution in [0.15, 0.2) is 77.5 Å². The highest BCUT2D eigenvalue weighted by molar-refractivity contribution is 5.47. The monoisotopic (exact) mass is 367 g/mol. The van der Waals surface area contributed by atoms with Gasteiger partial charge in [-0.3, -0.25) is 5.01 Å². The molecule has 2 aliphatic heterocycles. The first-order chi connectivity index (χ1) is 13.0. The third-order valence-electron chi connectivity index (χ3n) is 5.09. The van der Waals surface area contributed by atoms with Crippen molar-refractivity contribution >= 4 is 0 Å². The lowest BCUT2D eigenvalue weighted by Crippen LogP contribution is -2.64. The van der Waals surface area contributed by atoms with Gasteiger partial charge in [-0.1, -0.05) is 36.4 Å². The second-order valence-electron chi connectivity index (χ2n) is 7.57. The quantitative estimate of drug-likeness (QED) is 0.654. The minimum Gasteiger partial charge on any atom is -0.465 e. The van der Waals surface area contributed by atoms with Crippen molar-refractivity contribution in [1.29, 1.82) is 0 Å². The number of rotatable bonds is 4. The second kappa shape index (κ2) is 6.88. The number of aliphatic hydroxyl groups is 2. The lowest BCUT2D eigenvalue weighted by atomic mass is 9.91. The Morgan fingerprint density at radius 2 is 2.11 bits per heavy atom. The molecule has 0 saturated heterocycles. The maximum Gasteiger partial charge on any atom is 0.163 e. The number of aliphatic hydroxyl groups excluding tert-OH is 2. The van der Waals surface area contributed by atoms with Crippen molar-refractivity contribution < 1.29 is 14.9 Å². The molecule has 27 heavy (non-hydrogen) atoms. The van der Waals surface area contributed by atoms with E-state index in [1.807, 2.05) is 62.4 Å². The average Bonchev–Trinajstić information content (AvgIpc) is 2.67. The number of hydrogen-bond acceptors (Lipinski definition) is 6. The Morgan fingerprint density at radius 1 is 1.33 bits per heavy atom. The van der Waals surface area contributed by atoms with Crippen molar-refractivity contribution in [1.82, 2.24) is 15.8 Å². The van der Waals surface area contributed by atoms with E-state index >= 15 is 0 Å². The standard InChI is InChI=1S/C21H25N3O3/c1-21(2)20(26)24(22-13-18(25)14-7-4-3-5-8-14)17-12-19-15(9-6-10-27-19)11-16(17)23-21/h3-10,12,18,20,22-23,25-26H,11,13H2,1-2H3. The lowest BCUT2D eigenvalue weighted by molar-refractivity contribution is -0.0742. The third kappa shape index (κ3) is 3.39. The Labute approximate surface area is 159 Å². The maximum atomic E-state index is 10.9. The molecule has 1 aliphatic carbocycles. The molecule has 0 bridgehead atoms. The Balaban J connectivity index is 1.59. The molecule has 0 amide bonds. The van der Waals surface area contributed by atoms with E-state index in [0.29, 0.717) is 6.42 Å². The number of nitrogens with zero attached hydrogens (tertiary/aromatic N) is 1. The van der Waals surface area contributed by atoms with Gasteiger partial charge in [0.15, 0.2) is 6.23 Å². The van der Waals surface area contributed by atoms with Gasteiger partial charge in [0.05, 0.1) is 23.6 Å². The first-order valence-corrected chi connectivity index (χ1v) is 9.15. The van der Waals surface area contributed by atoms with E-state index in [0.717, 1.165) is 28.3 Å². The molecule has 0 saturated carbocycles. The fourth-order valence-corrected chi connectivity index (χ4v) is 3.57. The molecule has 1 aromatic rings. The normalized spacial score (nSPS) is 24.1. The van der Waals surface area contributed by atoms with Crippen LogP contribution in [0.25, 0.3) is 0 Å². The van der Waals surface area contributed by atoms with Crippen LogP contribution >= 0.6 is 0 Å². The predicted molar refractivity (Wildman–Crippen MR) is 102 cm³/mol. The third-order valence-corrected chi connectivity index (χ3v) is 5.09. The molecule has 4 N–H and O–H groups in total. The van der Waals surface area contributed by atoms with E-state index in [2.05, 4.69) is 10.7 Å². The number of benzene rings is 1. The highest BCUT2D eigenvalue weighted by atomic mass is 16.5. The first-order valence-electron chi connectivity index (χ1n) is 9.15. The summed E-state index contributed by atoms with van der Waals surface area (Å²) in [7, 11) is 0. The van der Waals surface area contributed by atoms with Crippen LogP contribution in [-0.4, -0.2) is 33.5 Å². The molecular weight excluding hydrogens is 342 g/mol. The number of nitrogens with one attached hydrogen (secondary N) is 2. The van der Waals surface area contributed by atoms with Crippen LogP contribution in [0.2, 0.25) is 0 Å². The summed E-state index contributed by atoms with van der Waals surface area (Å²) in [5.41, 5.74) is 6.43. The zero-order chi connectivity index (χ0) is 19.0. The first kappa shape index (κ1) is 17.9. The highest BCUT2D eigenvalue weighted by Crippen LogP contribution is 2.37. The van der Waals surface area contributed by atoms with Crippen LogP contribution < -0.4 is 10.7 Å². The van der Waals surface area contributed by atoms with Gasteiger partial charge in [0, 0.05) is 30.3 Å². The van der Waals surface area contributed by atoms with Crippen LogP contribution in [0.4, 0.5) is 0 Å². The summed E-state index contributed by atoms with van der Waals surface area (Å²) >= 11 is 0. The van der Waals surface area contributed by atoms with E-state index < -0.39 is 17.9 Å². The van der Waals surface area contributed by atoms with E-state index in [1.165, 1.54) is 0 Å². The molecule has 0 spiro atoms. The molecule has 0 fully saturated rings. The summed E-state index contributed by atoms with van der Waals surface area (Å²) in [6.07, 6.45) is 6.68. The summed E-state index contributed by atoms with van der Waals surface area (Å²) in [5, 5.41) is 26.6. The fraction of sp³-hybridized carbons (Fsp3) is 0.333. The van der Waals surface area contributed by atoms with Crippen LogP contribution in [0.1, 0.15) is 31.9 Å². The van der Waals surface area contributed by atoms with Gasteiger partial charge in [0.25, 0.3) is 0 Å². The minimum absolute atomic E-state index is 0.278. The molecule has 6 nitrogen and oxygen atoms in total. The van der Waals surface area contributed by atoms with Crippen LogP contribution in [0, 0.1) is 0 Å². The number of fused-ring (bicyclic) bond motifs is 1. The van der Waals surface area contributed by atoms with Crippen molar-refractivity contribution in [2.24, 2.45) is 0 Å². The number of ether oxygens (including phenoxy) is 1. The molecular formula is C21H25N3O3. The molecule has 1 aromatic carbocycles. The molecule has 142 valence electrons. The molecule has 3 aliphatic rings. The average molecular weight is 367 g/mol. The Hall–Kier alpha value is -2.54. The topological polar surface area (TPSA) is 77.0 Å². The molecule has 2 atom stereocenters. The Bertz CT molecular complexity index is 839. The van der Waals surface area contributed by atoms with E-state index in [-0.39, 0.29) is 6.54 Å². The van der Waals surface area contributed by atoms with Crippen molar-refractivity contribution in [2.75, 3.05) is 6.54 Å². The summed E-state index contributed by atoms with van der Waals surface area (Å²) in [6, 6.07) is 9.49. The summed E-state index contributed by atoms with van der Waals surface area (Å²) in [4.78, 5) is 0. The zero-order valence-electron chi connectivity index (χ0n) is 15.5. The largest absolute Gasteiger partial charge is 0.465 e. The smallest absolute Gasteiger partial charge is 0.163 e. The molecule has 0 aromatic heterocycles. The van der Waals surface area contributed by atoms with Gasteiger partial charge >= 0.3 is 0 Å². The van der Waals surface area contributed by atoms with Crippen molar-refractivity contribution in [3.05, 3.63) is 83.1 Å². The van der Waals surface area contributed by atoms with Gasteiger partial charge in [-0.2, -0.15) is 0 Å². The molecule has 4 rings (SSSR count). The summed E-state index contributed by atoms with van der Waals surface area (Å²) in [6.45, 7) is 4.18. The summed E-state index contributed by atoms with van der Waals surface area (Å²) in [5.74, 6) is 0.778. The Kier molecular flexibility index (Phi) is 4.55. The fourth-order valence-electron chi connectivity index (χ4n) is 3.57. The van der Waals surface area contributed by atoms with Gasteiger partial charge in [-0.25, -0.2) is 5.43 Å². The predicted octanol–water partition coefficient (Wildman–Crippen LogP) is 2.20. The molecule has 6 heteroatoms. The number of hydrazine groups is 1. The van der Waals surface area contributed by atoms with Crippen LogP contribution in [0.5, 0.6) is 0 Å². The van der Waals surface area contributed by atoms with Gasteiger partial charge < -0.3 is 20.3 Å². The number of allylic oxidation sites excluding steroid dienone is 5. The maximum absolute atomic E-state index is 10.9. The van der Waals surface area contributed by atoms with Gasteiger partial charge in [0.2, 0.25) is 0 Å². The second-order valence-corrected chi connectivity index (χ2v) is 7.57. The van der Waals surface area contributed by atoms with Crippen LogP contribution in [0.3, 0.4) is 0 Å². The minimum atomic E-state index is -0.819. The summed E-state index contributed by atoms with van der Waals surface area (Å²) < 4.78 is 5.63. The highest BCUT2D eigenvalue weighted by Gasteiger charge is 2.41. The van der Waals surface area contributed by atoms with Gasteiger partial charge in [-0.05, 0) is 25.5 Å². The number of hydrogen-bond donors (Lipinski definition) is 4. The van der Waals surface area contributed by atoms with Crippen molar-refractivity contribution in [3.8, 4) is 0 Å². The van der Waals surface area contributed by atoms with E-state index in [9.17, 15) is 10.2 Å². The van der Waals surface area contributed by atoms with Crippen molar-refractivity contribution in [2.45, 2.75) is 38.1 Å². The van der Waals surface area contributed by atoms with Crippen molar-refractivity contribution in [3.63, 3.8) is 0 Å². The molecule has 2 unspecified atom stereocenters. The van der Waals surface area contributed by atoms with Gasteiger partial charge in [0.1, 0.15) is 5.76 Å². The zero-order valence-corrected chi connectivity index (χ0v) is 15.5. The molecule has 2 heterocycles. The SMILES string of the molecule is CC1(C)NC2=C(C=C3OC=CC=C3C2)N(NCC(O)c2ccccc2)C1O. The van der Waals surface area contributed by atoms with Crippen LogP contribution in [-0.2, 0) is 4.74 Å². The van der Waals surface area contributed by atoms with E-state index in [4.69, 9.17) is 4.74 Å². The molecule has 0 radical (unpaired) electrons. The lowest BCUT2D eigenvalue weighted by Gasteiger charge is -2.48. The Morgan fingerprint density at radius 3 is 2.89 bits per heavy atom. The van der Waals surface area contributed by atoms with E-state index in [1.54, 1.807) is 11.3 Å².